The first-order chi connectivity index (χ1) is 9.92. The SMILES string of the molecule is N#Cc1ccc(Cn2cc([N+](=O)[O-])c(C(=O)O)n2)c(Cl)c1. The predicted octanol–water partition coefficient (Wildman–Crippen LogP) is 2.06. The molecule has 0 radical (unpaired) electrons. The van der Waals surface area contributed by atoms with E-state index in [0.717, 1.165) is 10.9 Å². The summed E-state index contributed by atoms with van der Waals surface area (Å²) in [7, 11) is 0. The van der Waals surface area contributed by atoms with Gasteiger partial charge in [0.2, 0.25) is 5.69 Å². The van der Waals surface area contributed by atoms with Crippen molar-refractivity contribution in [3.05, 3.63) is 56.4 Å². The lowest BCUT2D eigenvalue weighted by Crippen LogP contribution is -2.05. The van der Waals surface area contributed by atoms with Crippen molar-refractivity contribution in [2.24, 2.45) is 0 Å². The number of carboxylic acids is 1. The summed E-state index contributed by atoms with van der Waals surface area (Å²) in [6, 6.07) is 6.50. The van der Waals surface area contributed by atoms with Crippen LogP contribution in [0.5, 0.6) is 0 Å². The molecule has 0 aliphatic rings. The average molecular weight is 307 g/mol. The van der Waals surface area contributed by atoms with Crippen LogP contribution >= 0.6 is 11.6 Å². The minimum absolute atomic E-state index is 0.0542. The lowest BCUT2D eigenvalue weighted by molar-refractivity contribution is -0.385. The van der Waals surface area contributed by atoms with Gasteiger partial charge in [0.1, 0.15) is 6.20 Å². The third-order valence-electron chi connectivity index (χ3n) is 2.66. The van der Waals surface area contributed by atoms with Crippen molar-refractivity contribution in [1.29, 1.82) is 5.26 Å². The zero-order chi connectivity index (χ0) is 15.6. The number of halogens is 1. The molecule has 1 heterocycles. The highest BCUT2D eigenvalue weighted by molar-refractivity contribution is 6.31. The summed E-state index contributed by atoms with van der Waals surface area (Å²) >= 11 is 5.99. The Labute approximate surface area is 122 Å². The smallest absolute Gasteiger partial charge is 0.363 e. The molecule has 1 aromatic carbocycles. The Bertz CT molecular complexity index is 747. The Kier molecular flexibility index (Phi) is 3.86. The van der Waals surface area contributed by atoms with Gasteiger partial charge in [-0.05, 0) is 17.7 Å². The molecule has 1 N–H and O–H groups in total. The van der Waals surface area contributed by atoms with Gasteiger partial charge in [0, 0.05) is 5.02 Å². The fourth-order valence-electron chi connectivity index (χ4n) is 1.70. The number of nitro groups is 1. The molecular weight excluding hydrogens is 300 g/mol. The van der Waals surface area contributed by atoms with E-state index in [4.69, 9.17) is 22.0 Å². The van der Waals surface area contributed by atoms with Crippen LogP contribution in [0.1, 0.15) is 21.6 Å². The molecule has 0 saturated heterocycles. The lowest BCUT2D eigenvalue weighted by Gasteiger charge is -2.04. The van der Waals surface area contributed by atoms with E-state index in [1.54, 1.807) is 6.07 Å². The normalized spacial score (nSPS) is 10.1. The summed E-state index contributed by atoms with van der Waals surface area (Å²) in [6.07, 6.45) is 1.03. The zero-order valence-electron chi connectivity index (χ0n) is 10.4. The Balaban J connectivity index is 2.37. The van der Waals surface area contributed by atoms with Crippen molar-refractivity contribution in [2.75, 3.05) is 0 Å². The minimum atomic E-state index is -1.48. The molecule has 2 rings (SSSR count). The predicted molar refractivity (Wildman–Crippen MR) is 71.1 cm³/mol. The van der Waals surface area contributed by atoms with Crippen LogP contribution in [0.15, 0.2) is 24.4 Å². The van der Waals surface area contributed by atoms with Crippen molar-refractivity contribution in [1.82, 2.24) is 9.78 Å². The molecule has 106 valence electrons. The summed E-state index contributed by atoms with van der Waals surface area (Å²) in [5.41, 5.74) is -0.288. The average Bonchev–Trinajstić information content (AvgIpc) is 2.85. The number of aromatic carboxylic acids is 1. The largest absolute Gasteiger partial charge is 0.476 e. The molecule has 21 heavy (non-hydrogen) atoms. The van der Waals surface area contributed by atoms with Crippen LogP contribution in [-0.4, -0.2) is 25.8 Å². The molecule has 0 fully saturated rings. The monoisotopic (exact) mass is 306 g/mol. The number of rotatable bonds is 4. The highest BCUT2D eigenvalue weighted by Crippen LogP contribution is 2.21. The highest BCUT2D eigenvalue weighted by Gasteiger charge is 2.25. The molecule has 8 nitrogen and oxygen atoms in total. The fourth-order valence-corrected chi connectivity index (χ4v) is 1.94. The first-order valence-corrected chi connectivity index (χ1v) is 5.94. The molecule has 0 amide bonds. The van der Waals surface area contributed by atoms with Gasteiger partial charge in [-0.15, -0.1) is 0 Å². The third kappa shape index (κ3) is 2.98. The van der Waals surface area contributed by atoms with Crippen LogP contribution in [0, 0.1) is 21.4 Å². The Hall–Kier alpha value is -2.92. The van der Waals surface area contributed by atoms with Crippen molar-refractivity contribution < 1.29 is 14.8 Å². The van der Waals surface area contributed by atoms with E-state index in [2.05, 4.69) is 5.10 Å². The van der Waals surface area contributed by atoms with Crippen LogP contribution < -0.4 is 0 Å². The Morgan fingerprint density at radius 1 is 1.57 bits per heavy atom. The summed E-state index contributed by atoms with van der Waals surface area (Å²) in [6.45, 7) is 0.0542. The highest BCUT2D eigenvalue weighted by atomic mass is 35.5. The van der Waals surface area contributed by atoms with Gasteiger partial charge < -0.3 is 5.11 Å². The molecule has 0 atom stereocenters. The second-order valence-electron chi connectivity index (χ2n) is 4.04. The molecule has 0 unspecified atom stereocenters. The summed E-state index contributed by atoms with van der Waals surface area (Å²) in [5.74, 6) is -1.48. The first kappa shape index (κ1) is 14.5. The van der Waals surface area contributed by atoms with Gasteiger partial charge in [-0.1, -0.05) is 17.7 Å². The van der Waals surface area contributed by atoms with Crippen LogP contribution in [0.25, 0.3) is 0 Å². The number of carboxylic acid groups (broad SMARTS) is 1. The summed E-state index contributed by atoms with van der Waals surface area (Å²) < 4.78 is 1.12. The quantitative estimate of drug-likeness (QED) is 0.681. The summed E-state index contributed by atoms with van der Waals surface area (Å²) in [5, 5.41) is 32.3. The van der Waals surface area contributed by atoms with Gasteiger partial charge in [-0.25, -0.2) is 4.79 Å². The van der Waals surface area contributed by atoms with Crippen LogP contribution in [-0.2, 0) is 6.54 Å². The molecule has 0 saturated carbocycles. The van der Waals surface area contributed by atoms with Gasteiger partial charge in [0.25, 0.3) is 0 Å². The van der Waals surface area contributed by atoms with Gasteiger partial charge in [0.05, 0.1) is 23.1 Å². The maximum Gasteiger partial charge on any atom is 0.363 e. The Morgan fingerprint density at radius 2 is 2.29 bits per heavy atom. The first-order valence-electron chi connectivity index (χ1n) is 5.56. The Morgan fingerprint density at radius 3 is 2.76 bits per heavy atom. The van der Waals surface area contributed by atoms with Gasteiger partial charge in [-0.3, -0.25) is 14.8 Å². The number of carbonyl (C=O) groups is 1. The molecule has 9 heteroatoms. The minimum Gasteiger partial charge on any atom is -0.476 e. The lowest BCUT2D eigenvalue weighted by atomic mass is 10.1. The van der Waals surface area contributed by atoms with E-state index < -0.39 is 22.3 Å². The van der Waals surface area contributed by atoms with Gasteiger partial charge >= 0.3 is 11.7 Å². The molecule has 1 aromatic heterocycles. The molecule has 0 aliphatic carbocycles. The molecule has 2 aromatic rings. The molecule has 0 aliphatic heterocycles. The maximum atomic E-state index is 10.9. The third-order valence-corrected chi connectivity index (χ3v) is 3.01. The summed E-state index contributed by atoms with van der Waals surface area (Å²) in [4.78, 5) is 20.9. The van der Waals surface area contributed by atoms with Crippen molar-refractivity contribution in [2.45, 2.75) is 6.54 Å². The van der Waals surface area contributed by atoms with Crippen molar-refractivity contribution >= 4 is 23.3 Å². The number of benzene rings is 1. The number of aromatic nitrogens is 2. The number of hydrogen-bond acceptors (Lipinski definition) is 5. The van der Waals surface area contributed by atoms with Crippen LogP contribution in [0.2, 0.25) is 5.02 Å². The molecular formula is C12H7ClN4O4. The van der Waals surface area contributed by atoms with Crippen LogP contribution in [0.4, 0.5) is 5.69 Å². The number of nitriles is 1. The maximum absolute atomic E-state index is 10.9. The standard InChI is InChI=1S/C12H7ClN4O4/c13-9-3-7(4-14)1-2-8(9)5-16-6-10(17(20)21)11(15-16)12(18)19/h1-3,6H,5H2,(H,18,19). The van der Waals surface area contributed by atoms with E-state index in [1.165, 1.54) is 12.1 Å². The van der Waals surface area contributed by atoms with E-state index in [9.17, 15) is 14.9 Å². The van der Waals surface area contributed by atoms with Gasteiger partial charge in [-0.2, -0.15) is 10.4 Å². The molecule has 0 bridgehead atoms. The number of nitrogens with zero attached hydrogens (tertiary/aromatic N) is 4. The van der Waals surface area contributed by atoms with Crippen molar-refractivity contribution in [3.63, 3.8) is 0 Å². The fraction of sp³-hybridized carbons (Fsp3) is 0.0833. The number of hydrogen-bond donors (Lipinski definition) is 1. The van der Waals surface area contributed by atoms with E-state index in [0.29, 0.717) is 16.1 Å². The van der Waals surface area contributed by atoms with Gasteiger partial charge in [0.15, 0.2) is 0 Å². The van der Waals surface area contributed by atoms with E-state index in [1.807, 2.05) is 6.07 Å². The second-order valence-corrected chi connectivity index (χ2v) is 4.45. The van der Waals surface area contributed by atoms with E-state index >= 15 is 0 Å². The zero-order valence-corrected chi connectivity index (χ0v) is 11.1. The van der Waals surface area contributed by atoms with Crippen molar-refractivity contribution in [3.8, 4) is 6.07 Å². The second kappa shape index (κ2) is 5.60. The van der Waals surface area contributed by atoms with Crippen LogP contribution in [0.3, 0.4) is 0 Å². The van der Waals surface area contributed by atoms with E-state index in [-0.39, 0.29) is 6.54 Å². The topological polar surface area (TPSA) is 122 Å². The molecule has 0 spiro atoms.